The molecule has 1 amide bonds. The van der Waals surface area contributed by atoms with Gasteiger partial charge in [-0.3, -0.25) is 9.10 Å². The van der Waals surface area contributed by atoms with E-state index >= 15 is 0 Å². The number of nitrogens with zero attached hydrogens (tertiary/aromatic N) is 1. The molecule has 0 unspecified atom stereocenters. The molecular formula is C24H26N2O3S. The van der Waals surface area contributed by atoms with Crippen LogP contribution in [0.5, 0.6) is 0 Å². The Morgan fingerprint density at radius 3 is 2.27 bits per heavy atom. The van der Waals surface area contributed by atoms with Crippen LogP contribution >= 0.6 is 0 Å². The molecule has 0 fully saturated rings. The van der Waals surface area contributed by atoms with E-state index in [4.69, 9.17) is 0 Å². The van der Waals surface area contributed by atoms with Crippen LogP contribution in [0, 0.1) is 6.92 Å². The Labute approximate surface area is 178 Å². The number of amides is 1. The summed E-state index contributed by atoms with van der Waals surface area (Å²) in [5.41, 5.74) is 3.04. The zero-order valence-electron chi connectivity index (χ0n) is 17.4. The molecule has 3 aromatic carbocycles. The molecule has 30 heavy (non-hydrogen) atoms. The molecule has 1 atom stereocenters. The molecule has 6 heteroatoms. The van der Waals surface area contributed by atoms with Gasteiger partial charge in [0, 0.05) is 12.6 Å². The van der Waals surface area contributed by atoms with Crippen molar-refractivity contribution in [3.05, 3.63) is 95.6 Å². The first-order valence-electron chi connectivity index (χ1n) is 9.84. The third kappa shape index (κ3) is 4.71. The van der Waals surface area contributed by atoms with Crippen molar-refractivity contribution in [2.45, 2.75) is 31.2 Å². The predicted octanol–water partition coefficient (Wildman–Crippen LogP) is 4.70. The first kappa shape index (κ1) is 21.6. The van der Waals surface area contributed by atoms with Gasteiger partial charge in [0.2, 0.25) is 0 Å². The summed E-state index contributed by atoms with van der Waals surface area (Å²) in [5, 5.41) is 3.05. The SMILES string of the molecule is CC[C@H](NC(=O)c1cccc(N(C)S(=O)(=O)c2ccccc2)c1)c1ccc(C)cc1. The summed E-state index contributed by atoms with van der Waals surface area (Å²) >= 11 is 0. The molecule has 3 aromatic rings. The van der Waals surface area contributed by atoms with Gasteiger partial charge in [0.05, 0.1) is 16.6 Å². The van der Waals surface area contributed by atoms with Crippen LogP contribution in [-0.4, -0.2) is 21.4 Å². The fourth-order valence-electron chi connectivity index (χ4n) is 3.19. The summed E-state index contributed by atoms with van der Waals surface area (Å²) in [5.74, 6) is -0.241. The van der Waals surface area contributed by atoms with E-state index in [-0.39, 0.29) is 16.8 Å². The summed E-state index contributed by atoms with van der Waals surface area (Å²) in [7, 11) is -2.22. The van der Waals surface area contributed by atoms with Crippen molar-refractivity contribution in [3.8, 4) is 0 Å². The Bertz CT molecular complexity index is 1110. The second-order valence-electron chi connectivity index (χ2n) is 7.18. The van der Waals surface area contributed by atoms with E-state index in [2.05, 4.69) is 5.32 Å². The third-order valence-electron chi connectivity index (χ3n) is 5.07. The lowest BCUT2D eigenvalue weighted by atomic mass is 10.0. The maximum absolute atomic E-state index is 12.9. The van der Waals surface area contributed by atoms with Crippen molar-refractivity contribution < 1.29 is 13.2 Å². The maximum atomic E-state index is 12.9. The van der Waals surface area contributed by atoms with Crippen LogP contribution in [0.15, 0.2) is 83.8 Å². The maximum Gasteiger partial charge on any atom is 0.264 e. The number of anilines is 1. The number of carbonyl (C=O) groups is 1. The van der Waals surface area contributed by atoms with Crippen LogP contribution in [0.2, 0.25) is 0 Å². The summed E-state index contributed by atoms with van der Waals surface area (Å²) in [6, 6.07) is 22.8. The van der Waals surface area contributed by atoms with E-state index in [1.807, 2.05) is 38.1 Å². The van der Waals surface area contributed by atoms with Gasteiger partial charge in [-0.2, -0.15) is 0 Å². The highest BCUT2D eigenvalue weighted by Crippen LogP contribution is 2.24. The van der Waals surface area contributed by atoms with Gasteiger partial charge < -0.3 is 5.32 Å². The molecule has 0 radical (unpaired) electrons. The lowest BCUT2D eigenvalue weighted by molar-refractivity contribution is 0.0935. The molecule has 0 aliphatic heterocycles. The lowest BCUT2D eigenvalue weighted by Gasteiger charge is -2.21. The highest BCUT2D eigenvalue weighted by atomic mass is 32.2. The Morgan fingerprint density at radius 1 is 0.967 bits per heavy atom. The number of sulfonamides is 1. The molecule has 0 aliphatic rings. The average molecular weight is 423 g/mol. The summed E-state index contributed by atoms with van der Waals surface area (Å²) in [6.45, 7) is 4.04. The van der Waals surface area contributed by atoms with Gasteiger partial charge in [-0.1, -0.05) is 61.0 Å². The third-order valence-corrected chi connectivity index (χ3v) is 6.87. The Morgan fingerprint density at radius 2 is 1.63 bits per heavy atom. The molecule has 0 heterocycles. The topological polar surface area (TPSA) is 66.5 Å². The first-order chi connectivity index (χ1) is 14.3. The van der Waals surface area contributed by atoms with Crippen molar-refractivity contribution in [3.63, 3.8) is 0 Å². The minimum absolute atomic E-state index is 0.118. The molecule has 3 rings (SSSR count). The van der Waals surface area contributed by atoms with E-state index in [0.29, 0.717) is 11.3 Å². The smallest absolute Gasteiger partial charge is 0.264 e. The summed E-state index contributed by atoms with van der Waals surface area (Å²) < 4.78 is 26.9. The largest absolute Gasteiger partial charge is 0.345 e. The van der Waals surface area contributed by atoms with Gasteiger partial charge in [-0.25, -0.2) is 8.42 Å². The van der Waals surface area contributed by atoms with Crippen LogP contribution in [0.3, 0.4) is 0 Å². The second kappa shape index (κ2) is 9.13. The number of rotatable bonds is 7. The van der Waals surface area contributed by atoms with Crippen molar-refractivity contribution >= 4 is 21.6 Å². The van der Waals surface area contributed by atoms with Crippen molar-refractivity contribution in [2.75, 3.05) is 11.4 Å². The van der Waals surface area contributed by atoms with Crippen LogP contribution in [0.4, 0.5) is 5.69 Å². The van der Waals surface area contributed by atoms with Crippen molar-refractivity contribution in [2.24, 2.45) is 0 Å². The van der Waals surface area contributed by atoms with Crippen LogP contribution < -0.4 is 9.62 Å². The van der Waals surface area contributed by atoms with Gasteiger partial charge >= 0.3 is 0 Å². The standard InChI is InChI=1S/C24H26N2O3S/c1-4-23(19-15-13-18(2)14-16-19)25-24(27)20-9-8-10-21(17-20)26(3)30(28,29)22-11-6-5-7-12-22/h5-17,23H,4H2,1-3H3,(H,25,27)/t23-/m0/s1. The molecule has 0 saturated heterocycles. The summed E-state index contributed by atoms with van der Waals surface area (Å²) in [6.07, 6.45) is 0.747. The molecule has 0 aromatic heterocycles. The highest BCUT2D eigenvalue weighted by Gasteiger charge is 2.22. The Balaban J connectivity index is 1.82. The second-order valence-corrected chi connectivity index (χ2v) is 9.15. The number of nitrogens with one attached hydrogen (secondary N) is 1. The first-order valence-corrected chi connectivity index (χ1v) is 11.3. The zero-order valence-corrected chi connectivity index (χ0v) is 18.2. The minimum atomic E-state index is -3.71. The van der Waals surface area contributed by atoms with Gasteiger partial charge in [-0.05, 0) is 49.2 Å². The lowest BCUT2D eigenvalue weighted by Crippen LogP contribution is -2.29. The van der Waals surface area contributed by atoms with Crippen molar-refractivity contribution in [1.29, 1.82) is 0 Å². The van der Waals surface area contributed by atoms with Gasteiger partial charge in [0.1, 0.15) is 0 Å². The summed E-state index contributed by atoms with van der Waals surface area (Å²) in [4.78, 5) is 13.1. The molecule has 5 nitrogen and oxygen atoms in total. The Hall–Kier alpha value is -3.12. The molecule has 156 valence electrons. The molecule has 0 saturated carbocycles. The number of carbonyl (C=O) groups excluding carboxylic acids is 1. The normalized spacial score (nSPS) is 12.2. The number of benzene rings is 3. The average Bonchev–Trinajstić information content (AvgIpc) is 2.78. The molecule has 0 bridgehead atoms. The van der Waals surface area contributed by atoms with Gasteiger partial charge in [0.25, 0.3) is 15.9 Å². The number of hydrogen-bond acceptors (Lipinski definition) is 3. The van der Waals surface area contributed by atoms with E-state index in [1.54, 1.807) is 54.6 Å². The van der Waals surface area contributed by atoms with E-state index in [9.17, 15) is 13.2 Å². The fraction of sp³-hybridized carbons (Fsp3) is 0.208. The minimum Gasteiger partial charge on any atom is -0.345 e. The quantitative estimate of drug-likeness (QED) is 0.600. The predicted molar refractivity (Wildman–Crippen MR) is 120 cm³/mol. The van der Waals surface area contributed by atoms with E-state index in [0.717, 1.165) is 17.5 Å². The van der Waals surface area contributed by atoms with Crippen LogP contribution in [0.25, 0.3) is 0 Å². The van der Waals surface area contributed by atoms with Gasteiger partial charge in [-0.15, -0.1) is 0 Å². The van der Waals surface area contributed by atoms with E-state index in [1.165, 1.54) is 11.4 Å². The van der Waals surface area contributed by atoms with Gasteiger partial charge in [0.15, 0.2) is 0 Å². The molecule has 0 aliphatic carbocycles. The molecule has 0 spiro atoms. The fourth-order valence-corrected chi connectivity index (χ4v) is 4.40. The van der Waals surface area contributed by atoms with Crippen LogP contribution in [-0.2, 0) is 10.0 Å². The van der Waals surface area contributed by atoms with E-state index < -0.39 is 10.0 Å². The monoisotopic (exact) mass is 422 g/mol. The Kier molecular flexibility index (Phi) is 6.57. The molecular weight excluding hydrogens is 396 g/mol. The zero-order chi connectivity index (χ0) is 21.7. The highest BCUT2D eigenvalue weighted by molar-refractivity contribution is 7.92. The number of hydrogen-bond donors (Lipinski definition) is 1. The van der Waals surface area contributed by atoms with Crippen molar-refractivity contribution in [1.82, 2.24) is 5.32 Å². The number of aryl methyl sites for hydroxylation is 1. The molecule has 1 N–H and O–H groups in total. The van der Waals surface area contributed by atoms with Crippen LogP contribution in [0.1, 0.15) is 40.9 Å².